The molecular formula is C26H33N3O5S. The van der Waals surface area contributed by atoms with Gasteiger partial charge in [-0.3, -0.25) is 9.59 Å². The molecular weight excluding hydrogens is 466 g/mol. The van der Waals surface area contributed by atoms with Crippen LogP contribution in [0.4, 0.5) is 0 Å². The second kappa shape index (κ2) is 12.9. The Bertz CT molecular complexity index is 1110. The number of allylic oxidation sites excluding steroid dienone is 1. The Balaban J connectivity index is 1.66. The molecule has 3 rings (SSSR count). The lowest BCUT2D eigenvalue weighted by molar-refractivity contribution is -0.122. The second-order valence-corrected chi connectivity index (χ2v) is 10.6. The van der Waals surface area contributed by atoms with Crippen LogP contribution < -0.4 is 16.8 Å². The highest BCUT2D eigenvalue weighted by molar-refractivity contribution is 7.94. The SMILES string of the molecule is NCS(=O)(=O)C=C[C@H](CCc1ccccc1)C(=O)[C@@H](N)Cc1ccc(C(=O)C2CNCCO2)cc1. The van der Waals surface area contributed by atoms with Gasteiger partial charge in [-0.1, -0.05) is 60.7 Å². The topological polar surface area (TPSA) is 142 Å². The molecule has 0 aromatic heterocycles. The van der Waals surface area contributed by atoms with Crippen molar-refractivity contribution < 1.29 is 22.7 Å². The summed E-state index contributed by atoms with van der Waals surface area (Å²) in [6.45, 7) is 1.71. The molecule has 0 radical (unpaired) electrons. The third-order valence-electron chi connectivity index (χ3n) is 5.98. The Morgan fingerprint density at radius 2 is 1.80 bits per heavy atom. The Morgan fingerprint density at radius 1 is 1.09 bits per heavy atom. The van der Waals surface area contributed by atoms with Gasteiger partial charge in [0.05, 0.1) is 12.6 Å². The molecule has 1 unspecified atom stereocenters. The minimum absolute atomic E-state index is 0.0867. The van der Waals surface area contributed by atoms with Crippen molar-refractivity contribution in [1.82, 2.24) is 5.32 Å². The maximum Gasteiger partial charge on any atom is 0.192 e. The lowest BCUT2D eigenvalue weighted by atomic mass is 9.89. The number of aryl methyl sites for hydroxylation is 1. The van der Waals surface area contributed by atoms with Crippen LogP contribution in [-0.2, 0) is 32.2 Å². The summed E-state index contributed by atoms with van der Waals surface area (Å²) in [5.74, 6) is -1.52. The summed E-state index contributed by atoms with van der Waals surface area (Å²) in [5, 5.41) is 4.15. The Morgan fingerprint density at radius 3 is 2.43 bits per heavy atom. The van der Waals surface area contributed by atoms with Crippen LogP contribution in [0, 0.1) is 5.92 Å². The lowest BCUT2D eigenvalue weighted by Gasteiger charge is -2.22. The van der Waals surface area contributed by atoms with Crippen molar-refractivity contribution in [1.29, 1.82) is 0 Å². The zero-order chi connectivity index (χ0) is 25.3. The van der Waals surface area contributed by atoms with Crippen molar-refractivity contribution in [2.24, 2.45) is 17.4 Å². The van der Waals surface area contributed by atoms with Crippen molar-refractivity contribution in [3.05, 3.63) is 82.8 Å². The molecule has 1 aliphatic rings. The minimum atomic E-state index is -3.58. The number of ketones is 2. The van der Waals surface area contributed by atoms with Gasteiger partial charge in [0.2, 0.25) is 0 Å². The van der Waals surface area contributed by atoms with E-state index in [0.717, 1.165) is 23.1 Å². The van der Waals surface area contributed by atoms with Gasteiger partial charge in [0.25, 0.3) is 0 Å². The van der Waals surface area contributed by atoms with Crippen LogP contribution >= 0.6 is 0 Å². The number of nitrogens with two attached hydrogens (primary N) is 2. The molecule has 0 spiro atoms. The predicted molar refractivity (Wildman–Crippen MR) is 135 cm³/mol. The number of carbonyl (C=O) groups is 2. The molecule has 2 aromatic carbocycles. The van der Waals surface area contributed by atoms with E-state index >= 15 is 0 Å². The van der Waals surface area contributed by atoms with Gasteiger partial charge in [-0.2, -0.15) is 0 Å². The van der Waals surface area contributed by atoms with E-state index in [1.54, 1.807) is 24.3 Å². The predicted octanol–water partition coefficient (Wildman–Crippen LogP) is 1.39. The van der Waals surface area contributed by atoms with Gasteiger partial charge in [0, 0.05) is 30.0 Å². The summed E-state index contributed by atoms with van der Waals surface area (Å²) in [5.41, 5.74) is 13.9. The van der Waals surface area contributed by atoms with E-state index < -0.39 is 33.8 Å². The monoisotopic (exact) mass is 499 g/mol. The summed E-state index contributed by atoms with van der Waals surface area (Å²) in [7, 11) is -3.58. The molecule has 3 atom stereocenters. The van der Waals surface area contributed by atoms with Crippen molar-refractivity contribution in [2.45, 2.75) is 31.4 Å². The molecule has 1 heterocycles. The van der Waals surface area contributed by atoms with Gasteiger partial charge >= 0.3 is 0 Å². The molecule has 0 aliphatic carbocycles. The van der Waals surface area contributed by atoms with Gasteiger partial charge in [-0.25, -0.2) is 8.42 Å². The average molecular weight is 500 g/mol. The first-order valence-electron chi connectivity index (χ1n) is 11.7. The Hall–Kier alpha value is -2.69. The normalized spacial score (nSPS) is 18.3. The molecule has 9 heteroatoms. The highest BCUT2D eigenvalue weighted by Crippen LogP contribution is 2.17. The molecule has 1 fully saturated rings. The van der Waals surface area contributed by atoms with Crippen molar-refractivity contribution >= 4 is 21.4 Å². The van der Waals surface area contributed by atoms with Gasteiger partial charge in [0.1, 0.15) is 12.0 Å². The second-order valence-electron chi connectivity index (χ2n) is 8.63. The average Bonchev–Trinajstić information content (AvgIpc) is 2.89. The van der Waals surface area contributed by atoms with E-state index in [1.165, 1.54) is 6.08 Å². The van der Waals surface area contributed by atoms with Gasteiger partial charge < -0.3 is 21.5 Å². The molecule has 0 saturated carbocycles. The highest BCUT2D eigenvalue weighted by atomic mass is 32.2. The van der Waals surface area contributed by atoms with Crippen molar-refractivity contribution in [3.63, 3.8) is 0 Å². The number of benzene rings is 2. The van der Waals surface area contributed by atoms with Crippen LogP contribution in [-0.4, -0.2) is 57.7 Å². The molecule has 8 nitrogen and oxygen atoms in total. The molecule has 2 aromatic rings. The first kappa shape index (κ1) is 26.9. The Labute approximate surface area is 206 Å². The van der Waals surface area contributed by atoms with Crippen molar-refractivity contribution in [3.8, 4) is 0 Å². The fourth-order valence-corrected chi connectivity index (χ4v) is 4.46. The highest BCUT2D eigenvalue weighted by Gasteiger charge is 2.25. The van der Waals surface area contributed by atoms with Crippen LogP contribution in [0.25, 0.3) is 0 Å². The molecule has 0 bridgehead atoms. The van der Waals surface area contributed by atoms with Crippen LogP contribution in [0.3, 0.4) is 0 Å². The third-order valence-corrected chi connectivity index (χ3v) is 7.02. The Kier molecular flexibility index (Phi) is 9.88. The molecule has 35 heavy (non-hydrogen) atoms. The smallest absolute Gasteiger partial charge is 0.192 e. The molecule has 188 valence electrons. The van der Waals surface area contributed by atoms with Crippen LogP contribution in [0.15, 0.2) is 66.1 Å². The van der Waals surface area contributed by atoms with E-state index in [9.17, 15) is 18.0 Å². The largest absolute Gasteiger partial charge is 0.367 e. The van der Waals surface area contributed by atoms with Crippen LogP contribution in [0.1, 0.15) is 27.9 Å². The number of ether oxygens (including phenoxy) is 1. The molecule has 1 aliphatic heterocycles. The quantitative estimate of drug-likeness (QED) is 0.372. The van der Waals surface area contributed by atoms with Crippen LogP contribution in [0.5, 0.6) is 0 Å². The summed E-state index contributed by atoms with van der Waals surface area (Å²) in [6.07, 6.45) is 2.20. The van der Waals surface area contributed by atoms with E-state index in [0.29, 0.717) is 31.6 Å². The molecule has 5 N–H and O–H groups in total. The molecule has 1 saturated heterocycles. The maximum atomic E-state index is 13.2. The van der Waals surface area contributed by atoms with Crippen LogP contribution in [0.2, 0.25) is 0 Å². The summed E-state index contributed by atoms with van der Waals surface area (Å²) < 4.78 is 29.3. The number of sulfone groups is 1. The molecule has 0 amide bonds. The standard InChI is InChI=1S/C26H33N3O5S/c27-18-35(32,33)15-12-22(9-6-19-4-2-1-3-5-19)25(30)23(28)16-20-7-10-21(11-8-20)26(31)24-17-29-13-14-34-24/h1-5,7-8,10-12,15,22-24,29H,6,9,13-14,16-18,27-28H2/t22-,23-,24?/m0/s1. The number of Topliss-reactive ketones (excluding diaryl/α,β-unsaturated/α-hetero) is 2. The number of hydrogen-bond donors (Lipinski definition) is 3. The van der Waals surface area contributed by atoms with E-state index in [-0.39, 0.29) is 18.0 Å². The zero-order valence-corrected chi connectivity index (χ0v) is 20.5. The maximum absolute atomic E-state index is 13.2. The third kappa shape index (κ3) is 8.19. The number of morpholine rings is 1. The first-order chi connectivity index (χ1) is 16.8. The van der Waals surface area contributed by atoms with E-state index in [2.05, 4.69) is 5.32 Å². The fraction of sp³-hybridized carbons (Fsp3) is 0.385. The summed E-state index contributed by atoms with van der Waals surface area (Å²) in [6, 6.07) is 15.8. The first-order valence-corrected chi connectivity index (χ1v) is 13.4. The van der Waals surface area contributed by atoms with E-state index in [1.807, 2.05) is 30.3 Å². The number of nitrogens with one attached hydrogen (secondary N) is 1. The number of rotatable bonds is 12. The number of hydrogen-bond acceptors (Lipinski definition) is 8. The number of carbonyl (C=O) groups excluding carboxylic acids is 2. The van der Waals surface area contributed by atoms with Gasteiger partial charge in [-0.05, 0) is 30.4 Å². The zero-order valence-electron chi connectivity index (χ0n) is 19.6. The lowest BCUT2D eigenvalue weighted by Crippen LogP contribution is -2.43. The van der Waals surface area contributed by atoms with E-state index in [4.69, 9.17) is 16.2 Å². The van der Waals surface area contributed by atoms with Gasteiger partial charge in [0.15, 0.2) is 21.4 Å². The summed E-state index contributed by atoms with van der Waals surface area (Å²) >= 11 is 0. The summed E-state index contributed by atoms with van der Waals surface area (Å²) in [4.78, 5) is 25.8. The van der Waals surface area contributed by atoms with Crippen molar-refractivity contribution in [2.75, 3.05) is 25.6 Å². The van der Waals surface area contributed by atoms with Gasteiger partial charge in [-0.15, -0.1) is 0 Å². The fourth-order valence-electron chi connectivity index (χ4n) is 3.92. The minimum Gasteiger partial charge on any atom is -0.367 e.